The highest BCUT2D eigenvalue weighted by Crippen LogP contribution is 2.09. The molecule has 82 valence electrons. The lowest BCUT2D eigenvalue weighted by Gasteiger charge is -2.16. The van der Waals surface area contributed by atoms with Crippen LogP contribution in [-0.4, -0.2) is 36.4 Å². The normalized spacial score (nSPS) is 10.1. The molecule has 2 nitrogen and oxygen atoms in total. The van der Waals surface area contributed by atoms with Crippen LogP contribution < -0.4 is 0 Å². The van der Waals surface area contributed by atoms with Crippen molar-refractivity contribution >= 4 is 40.3 Å². The van der Waals surface area contributed by atoms with E-state index in [-0.39, 0.29) is 5.91 Å². The molecular formula is C11H14INOS. The van der Waals surface area contributed by atoms with E-state index in [1.54, 1.807) is 16.7 Å². The number of rotatable bonds is 4. The number of carbonyl (C=O) groups is 1. The third-order valence-corrected chi connectivity index (χ3v) is 3.38. The van der Waals surface area contributed by atoms with Gasteiger partial charge in [0.05, 0.1) is 0 Å². The van der Waals surface area contributed by atoms with Gasteiger partial charge >= 0.3 is 0 Å². The second kappa shape index (κ2) is 6.37. The average Bonchev–Trinajstić information content (AvgIpc) is 2.26. The number of amides is 1. The van der Waals surface area contributed by atoms with E-state index in [1.165, 1.54) is 0 Å². The molecule has 15 heavy (non-hydrogen) atoms. The summed E-state index contributed by atoms with van der Waals surface area (Å²) in [6.07, 6.45) is 2.04. The summed E-state index contributed by atoms with van der Waals surface area (Å²) in [6, 6.07) is 7.66. The van der Waals surface area contributed by atoms with Crippen molar-refractivity contribution in [1.82, 2.24) is 4.90 Å². The van der Waals surface area contributed by atoms with Crippen LogP contribution in [0.25, 0.3) is 0 Å². The van der Waals surface area contributed by atoms with Gasteiger partial charge in [-0.3, -0.25) is 4.79 Å². The van der Waals surface area contributed by atoms with Crippen molar-refractivity contribution in [3.05, 3.63) is 33.4 Å². The summed E-state index contributed by atoms with van der Waals surface area (Å²) in [5.74, 6) is 1.08. The van der Waals surface area contributed by atoms with Crippen molar-refractivity contribution in [2.75, 3.05) is 25.6 Å². The number of carbonyl (C=O) groups excluding carboxylic acids is 1. The topological polar surface area (TPSA) is 20.3 Å². The smallest absolute Gasteiger partial charge is 0.253 e. The second-order valence-electron chi connectivity index (χ2n) is 3.23. The molecule has 1 aromatic rings. The van der Waals surface area contributed by atoms with Crippen LogP contribution >= 0.6 is 34.4 Å². The highest BCUT2D eigenvalue weighted by molar-refractivity contribution is 14.1. The highest BCUT2D eigenvalue weighted by atomic mass is 127. The second-order valence-corrected chi connectivity index (χ2v) is 5.46. The molecule has 1 rings (SSSR count). The first-order chi connectivity index (χ1) is 7.15. The molecule has 0 aliphatic rings. The average molecular weight is 335 g/mol. The molecular weight excluding hydrogens is 321 g/mol. The Labute approximate surface area is 109 Å². The molecule has 0 saturated carbocycles. The van der Waals surface area contributed by atoms with Crippen molar-refractivity contribution < 1.29 is 4.79 Å². The fourth-order valence-corrected chi connectivity index (χ4v) is 1.96. The van der Waals surface area contributed by atoms with Crippen LogP contribution in [0, 0.1) is 3.57 Å². The molecule has 0 aromatic heterocycles. The first-order valence-corrected chi connectivity index (χ1v) is 7.12. The number of nitrogens with zero attached hydrogens (tertiary/aromatic N) is 1. The van der Waals surface area contributed by atoms with Crippen molar-refractivity contribution in [3.63, 3.8) is 0 Å². The van der Waals surface area contributed by atoms with Gasteiger partial charge in [0.1, 0.15) is 0 Å². The number of hydrogen-bond donors (Lipinski definition) is 0. The molecule has 0 saturated heterocycles. The third-order valence-electron chi connectivity index (χ3n) is 2.07. The monoisotopic (exact) mass is 335 g/mol. The van der Waals surface area contributed by atoms with Crippen LogP contribution in [-0.2, 0) is 0 Å². The number of benzene rings is 1. The first kappa shape index (κ1) is 12.8. The zero-order chi connectivity index (χ0) is 11.3. The predicted octanol–water partition coefficient (Wildman–Crippen LogP) is 2.73. The summed E-state index contributed by atoms with van der Waals surface area (Å²) in [5.41, 5.74) is 0.763. The maximum absolute atomic E-state index is 11.9. The minimum absolute atomic E-state index is 0.0976. The Hall–Kier alpha value is -0.230. The first-order valence-electron chi connectivity index (χ1n) is 4.65. The van der Waals surface area contributed by atoms with Crippen LogP contribution in [0.5, 0.6) is 0 Å². The lowest BCUT2D eigenvalue weighted by atomic mass is 10.2. The van der Waals surface area contributed by atoms with E-state index in [4.69, 9.17) is 0 Å². The molecule has 4 heteroatoms. The lowest BCUT2D eigenvalue weighted by molar-refractivity contribution is 0.0804. The molecule has 0 radical (unpaired) electrons. The van der Waals surface area contributed by atoms with Crippen molar-refractivity contribution in [1.29, 1.82) is 0 Å². The Morgan fingerprint density at radius 1 is 1.40 bits per heavy atom. The zero-order valence-electron chi connectivity index (χ0n) is 8.87. The number of thioether (sulfide) groups is 1. The maximum atomic E-state index is 11.9. The summed E-state index contributed by atoms with van der Waals surface area (Å²) in [4.78, 5) is 13.6. The van der Waals surface area contributed by atoms with Gasteiger partial charge in [0.2, 0.25) is 0 Å². The van der Waals surface area contributed by atoms with E-state index in [0.717, 1.165) is 21.4 Å². The Bertz CT molecular complexity index is 326. The molecule has 0 aliphatic heterocycles. The van der Waals surface area contributed by atoms with Crippen molar-refractivity contribution in [2.45, 2.75) is 0 Å². The summed E-state index contributed by atoms with van der Waals surface area (Å²) >= 11 is 3.98. The van der Waals surface area contributed by atoms with Gasteiger partial charge in [-0.2, -0.15) is 11.8 Å². The van der Waals surface area contributed by atoms with Crippen molar-refractivity contribution in [3.8, 4) is 0 Å². The standard InChI is InChI=1S/C11H14INOS/c1-13(7-8-15-2)11(14)9-3-5-10(12)6-4-9/h3-6H,7-8H2,1-2H3. The molecule has 1 amide bonds. The summed E-state index contributed by atoms with van der Waals surface area (Å²) in [7, 11) is 1.84. The molecule has 0 bridgehead atoms. The van der Waals surface area contributed by atoms with Gasteiger partial charge in [-0.15, -0.1) is 0 Å². The molecule has 0 spiro atoms. The van der Waals surface area contributed by atoms with E-state index in [2.05, 4.69) is 22.6 Å². The Morgan fingerprint density at radius 2 is 2.00 bits per heavy atom. The van der Waals surface area contributed by atoms with E-state index in [1.807, 2.05) is 37.6 Å². The van der Waals surface area contributed by atoms with E-state index in [9.17, 15) is 4.79 Å². The van der Waals surface area contributed by atoms with E-state index >= 15 is 0 Å². The molecule has 0 atom stereocenters. The molecule has 0 N–H and O–H groups in total. The van der Waals surface area contributed by atoms with Gasteiger partial charge in [-0.05, 0) is 53.1 Å². The molecule has 1 aromatic carbocycles. The lowest BCUT2D eigenvalue weighted by Crippen LogP contribution is -2.28. The summed E-state index contributed by atoms with van der Waals surface area (Å²) in [6.45, 7) is 0.798. The van der Waals surface area contributed by atoms with Crippen LogP contribution in [0.15, 0.2) is 24.3 Å². The summed E-state index contributed by atoms with van der Waals surface area (Å²) < 4.78 is 1.15. The SMILES string of the molecule is CSCCN(C)C(=O)c1ccc(I)cc1. The molecule has 0 fully saturated rings. The molecule has 0 heterocycles. The number of hydrogen-bond acceptors (Lipinski definition) is 2. The number of halogens is 1. The quantitative estimate of drug-likeness (QED) is 0.789. The Kier molecular flexibility index (Phi) is 5.45. The van der Waals surface area contributed by atoms with Gasteiger partial charge < -0.3 is 4.90 Å². The largest absolute Gasteiger partial charge is 0.341 e. The Balaban J connectivity index is 2.63. The zero-order valence-corrected chi connectivity index (χ0v) is 11.8. The minimum atomic E-state index is 0.0976. The fraction of sp³-hybridized carbons (Fsp3) is 0.364. The van der Waals surface area contributed by atoms with Gasteiger partial charge in [-0.25, -0.2) is 0 Å². The van der Waals surface area contributed by atoms with Crippen molar-refractivity contribution in [2.24, 2.45) is 0 Å². The summed E-state index contributed by atoms with van der Waals surface area (Å²) in [5, 5.41) is 0. The fourth-order valence-electron chi connectivity index (χ4n) is 1.14. The van der Waals surface area contributed by atoms with Gasteiger partial charge in [0.15, 0.2) is 0 Å². The molecule has 0 aliphatic carbocycles. The Morgan fingerprint density at radius 3 is 2.53 bits per heavy atom. The van der Waals surface area contributed by atoms with Crippen LogP contribution in [0.1, 0.15) is 10.4 Å². The predicted molar refractivity (Wildman–Crippen MR) is 74.5 cm³/mol. The van der Waals surface area contributed by atoms with Crippen LogP contribution in [0.3, 0.4) is 0 Å². The minimum Gasteiger partial charge on any atom is -0.341 e. The van der Waals surface area contributed by atoms with Gasteiger partial charge in [-0.1, -0.05) is 0 Å². The third kappa shape index (κ3) is 4.03. The van der Waals surface area contributed by atoms with E-state index < -0.39 is 0 Å². The highest BCUT2D eigenvalue weighted by Gasteiger charge is 2.10. The van der Waals surface area contributed by atoms with Gasteiger partial charge in [0, 0.05) is 28.5 Å². The van der Waals surface area contributed by atoms with Crippen LogP contribution in [0.2, 0.25) is 0 Å². The molecule has 0 unspecified atom stereocenters. The van der Waals surface area contributed by atoms with Crippen LogP contribution in [0.4, 0.5) is 0 Å². The van der Waals surface area contributed by atoms with Gasteiger partial charge in [0.25, 0.3) is 5.91 Å². The maximum Gasteiger partial charge on any atom is 0.253 e. The van der Waals surface area contributed by atoms with E-state index in [0.29, 0.717) is 0 Å².